The Bertz CT molecular complexity index is 7650. The molecule has 6 nitrogen and oxygen atoms in total. The van der Waals surface area contributed by atoms with Crippen LogP contribution in [0.3, 0.4) is 0 Å². The molecule has 22 aromatic rings. The Morgan fingerprint density at radius 3 is 0.823 bits per heavy atom. The van der Waals surface area contributed by atoms with Crippen LogP contribution in [0.5, 0.6) is 0 Å². The fourth-order valence-corrected chi connectivity index (χ4v) is 19.1. The van der Waals surface area contributed by atoms with Crippen LogP contribution < -0.4 is 0 Å². The predicted octanol–water partition coefficient (Wildman–Crippen LogP) is 27.3. The van der Waals surface area contributed by atoms with E-state index in [-0.39, 0.29) is 0 Å². The van der Waals surface area contributed by atoms with Gasteiger partial charge in [0.05, 0.1) is 5.41 Å². The van der Waals surface area contributed by atoms with Gasteiger partial charge in [0.1, 0.15) is 0 Å². The Morgan fingerprint density at radius 1 is 0.142 bits per heavy atom. The van der Waals surface area contributed by atoms with Gasteiger partial charge in [0.2, 0.25) is 0 Å². The molecule has 0 fully saturated rings. The second kappa shape index (κ2) is 25.6. The summed E-state index contributed by atoms with van der Waals surface area (Å²) in [6, 6.07) is 139. The molecule has 6 heteroatoms. The van der Waals surface area contributed by atoms with Gasteiger partial charge in [0.15, 0.2) is 34.9 Å². The molecule has 0 amide bonds. The molecule has 0 bridgehead atoms. The van der Waals surface area contributed by atoms with E-state index < -0.39 is 5.41 Å². The number of aromatic nitrogens is 6. The minimum Gasteiger partial charge on any atom is -0.208 e. The van der Waals surface area contributed by atoms with Crippen LogP contribution in [-0.4, -0.2) is 29.9 Å². The molecule has 113 heavy (non-hydrogen) atoms. The average molecular weight is 1430 g/mol. The summed E-state index contributed by atoms with van der Waals surface area (Å²) in [6.45, 7) is 0. The molecule has 2 aromatic heterocycles. The van der Waals surface area contributed by atoms with Crippen LogP contribution in [0.1, 0.15) is 22.3 Å². The summed E-state index contributed by atoms with van der Waals surface area (Å²) in [5.41, 5.74) is 18.1. The molecule has 0 unspecified atom stereocenters. The number of nitrogens with zero attached hydrogens (tertiary/aromatic N) is 6. The quantitative estimate of drug-likeness (QED) is 0.117. The molecule has 1 spiro atoms. The fourth-order valence-electron chi connectivity index (χ4n) is 19.1. The van der Waals surface area contributed by atoms with Crippen LogP contribution >= 0.6 is 0 Å². The van der Waals surface area contributed by atoms with Crippen molar-refractivity contribution in [3.8, 4) is 102 Å². The Balaban J connectivity index is 0.000000135. The Kier molecular flexibility index (Phi) is 14.5. The van der Waals surface area contributed by atoms with E-state index in [2.05, 4.69) is 352 Å². The Labute approximate surface area is 651 Å². The van der Waals surface area contributed by atoms with Gasteiger partial charge in [-0.25, -0.2) is 29.9 Å². The maximum atomic E-state index is 5.48. The van der Waals surface area contributed by atoms with E-state index in [1.807, 2.05) is 36.4 Å². The molecule has 0 saturated heterocycles. The summed E-state index contributed by atoms with van der Waals surface area (Å²) in [5.74, 6) is 3.89. The predicted molar refractivity (Wildman–Crippen MR) is 469 cm³/mol. The third-order valence-corrected chi connectivity index (χ3v) is 23.8. The molecule has 0 saturated carbocycles. The van der Waals surface area contributed by atoms with E-state index in [4.69, 9.17) is 29.9 Å². The van der Waals surface area contributed by atoms with Gasteiger partial charge >= 0.3 is 0 Å². The van der Waals surface area contributed by atoms with Crippen molar-refractivity contribution in [2.75, 3.05) is 0 Å². The number of hydrogen-bond donors (Lipinski definition) is 0. The highest BCUT2D eigenvalue weighted by atomic mass is 15.0. The van der Waals surface area contributed by atoms with Gasteiger partial charge in [-0.3, -0.25) is 0 Å². The zero-order valence-corrected chi connectivity index (χ0v) is 61.1. The lowest BCUT2D eigenvalue weighted by atomic mass is 9.70. The molecule has 20 aromatic carbocycles. The zero-order chi connectivity index (χ0) is 74.2. The minimum absolute atomic E-state index is 0.409. The third kappa shape index (κ3) is 9.80. The molecule has 0 atom stereocenters. The molecule has 522 valence electrons. The fraction of sp³-hybridized carbons (Fsp3) is 0.00935. The first-order chi connectivity index (χ1) is 56.1. The van der Waals surface area contributed by atoms with Crippen LogP contribution in [0.4, 0.5) is 0 Å². The van der Waals surface area contributed by atoms with Gasteiger partial charge < -0.3 is 0 Å². The van der Waals surface area contributed by atoms with Crippen LogP contribution in [0.25, 0.3) is 209 Å². The zero-order valence-electron chi connectivity index (χ0n) is 61.1. The standard InChI is InChI=1S/C56H33N3.C51H31N3/c1-2-16-34(17-3-1)53-57-54(35-30-31-51-45(32-35)42-24-12-15-29-50(42)56(51)48-27-13-10-22-40(48)41-23-11-14-28-49(41)56)59-55(58-53)47-33-46-38-20-5-4-18-36(38)37-19-6-8-25-43(37)52(46)44-26-9-7-21-39(44)47;1-3-17-32(18-4-1)46-40-27-13-15-29-42(40)48(43-30-16-14-28-41(43)46)51-53-49(33-19-5-2-6-20-33)52-50(54-51)45-31-44-36-23-8-7-21-34(36)35-22-9-11-25-38(35)47(44)39-26-12-10-24-37(39)45/h1-33H;1-31H. The first-order valence-corrected chi connectivity index (χ1v) is 38.7. The summed E-state index contributed by atoms with van der Waals surface area (Å²) in [6.07, 6.45) is 0. The van der Waals surface area contributed by atoms with E-state index in [1.165, 1.54) is 131 Å². The van der Waals surface area contributed by atoms with Crippen molar-refractivity contribution in [2.45, 2.75) is 5.41 Å². The number of benzene rings is 20. The van der Waals surface area contributed by atoms with E-state index in [0.717, 1.165) is 65.7 Å². The number of hydrogen-bond acceptors (Lipinski definition) is 6. The molecule has 0 aliphatic heterocycles. The van der Waals surface area contributed by atoms with Crippen molar-refractivity contribution in [3.05, 3.63) is 411 Å². The first-order valence-electron chi connectivity index (χ1n) is 38.7. The smallest absolute Gasteiger partial charge is 0.165 e. The van der Waals surface area contributed by atoms with E-state index in [0.29, 0.717) is 34.9 Å². The largest absolute Gasteiger partial charge is 0.208 e. The normalized spacial score (nSPS) is 12.5. The lowest BCUT2D eigenvalue weighted by Crippen LogP contribution is -2.25. The summed E-state index contributed by atoms with van der Waals surface area (Å²) in [4.78, 5) is 32.1. The topological polar surface area (TPSA) is 77.3 Å². The molecule has 2 aliphatic carbocycles. The Morgan fingerprint density at radius 2 is 0.407 bits per heavy atom. The van der Waals surface area contributed by atoms with Crippen molar-refractivity contribution >= 4 is 108 Å². The van der Waals surface area contributed by atoms with Crippen molar-refractivity contribution in [2.24, 2.45) is 0 Å². The van der Waals surface area contributed by atoms with Crippen molar-refractivity contribution in [1.29, 1.82) is 0 Å². The van der Waals surface area contributed by atoms with Crippen LogP contribution in [0.2, 0.25) is 0 Å². The van der Waals surface area contributed by atoms with Crippen LogP contribution in [-0.2, 0) is 5.41 Å². The molecule has 0 radical (unpaired) electrons. The maximum Gasteiger partial charge on any atom is 0.165 e. The molecule has 2 heterocycles. The molecule has 2 aliphatic rings. The lowest BCUT2D eigenvalue weighted by Gasteiger charge is -2.30. The molecular weight excluding hydrogens is 1370 g/mol. The van der Waals surface area contributed by atoms with Crippen molar-refractivity contribution < 1.29 is 0 Å². The minimum atomic E-state index is -0.409. The second-order valence-corrected chi connectivity index (χ2v) is 29.7. The third-order valence-electron chi connectivity index (χ3n) is 23.8. The Hall–Kier alpha value is -15.0. The molecule has 0 N–H and O–H groups in total. The number of fused-ring (bicyclic) bond motifs is 28. The van der Waals surface area contributed by atoms with Gasteiger partial charge in [-0.2, -0.15) is 0 Å². The van der Waals surface area contributed by atoms with Gasteiger partial charge in [-0.15, -0.1) is 0 Å². The van der Waals surface area contributed by atoms with Crippen molar-refractivity contribution in [1.82, 2.24) is 29.9 Å². The van der Waals surface area contributed by atoms with E-state index in [1.54, 1.807) is 0 Å². The average Bonchev–Trinajstić information content (AvgIpc) is 1.51. The van der Waals surface area contributed by atoms with Crippen LogP contribution in [0, 0.1) is 0 Å². The maximum absolute atomic E-state index is 5.48. The van der Waals surface area contributed by atoms with Gasteiger partial charge in [-0.1, -0.05) is 370 Å². The summed E-state index contributed by atoms with van der Waals surface area (Å²) >= 11 is 0. The van der Waals surface area contributed by atoms with E-state index >= 15 is 0 Å². The lowest BCUT2D eigenvalue weighted by molar-refractivity contribution is 0.794. The highest BCUT2D eigenvalue weighted by molar-refractivity contribution is 6.35. The van der Waals surface area contributed by atoms with Crippen molar-refractivity contribution in [3.63, 3.8) is 0 Å². The van der Waals surface area contributed by atoms with Gasteiger partial charge in [0.25, 0.3) is 0 Å². The summed E-state index contributed by atoms with van der Waals surface area (Å²) < 4.78 is 0. The molecule has 24 rings (SSSR count). The summed E-state index contributed by atoms with van der Waals surface area (Å²) in [7, 11) is 0. The second-order valence-electron chi connectivity index (χ2n) is 29.7. The van der Waals surface area contributed by atoms with Crippen LogP contribution in [0.15, 0.2) is 388 Å². The number of rotatable bonds is 7. The SMILES string of the molecule is c1ccc(-c2nc(-c3c4ccccc4c(-c4ccccc4)c4ccccc34)nc(-c3cc4c5ccccc5c5ccccc5c4c4ccccc34)n2)cc1.c1ccc(-c2nc(-c3ccc4c(c3)-c3ccccc3C43c4ccccc4-c4ccccc43)nc(-c3cc4c5ccccc5c5ccccc5c4c4ccccc34)n2)cc1. The summed E-state index contributed by atoms with van der Waals surface area (Å²) in [5, 5.41) is 23.9. The molecular formula is C107H64N6. The highest BCUT2D eigenvalue weighted by Gasteiger charge is 2.51. The van der Waals surface area contributed by atoms with Gasteiger partial charge in [0, 0.05) is 33.4 Å². The first kappa shape index (κ1) is 64.1. The van der Waals surface area contributed by atoms with E-state index in [9.17, 15) is 0 Å². The highest BCUT2D eigenvalue weighted by Crippen LogP contribution is 2.63. The monoisotopic (exact) mass is 1430 g/mol. The van der Waals surface area contributed by atoms with Gasteiger partial charge in [-0.05, 0) is 182 Å².